The summed E-state index contributed by atoms with van der Waals surface area (Å²) in [7, 11) is 0. The number of hydrogen-bond donors (Lipinski definition) is 2. The molecule has 0 bridgehead atoms. The summed E-state index contributed by atoms with van der Waals surface area (Å²) in [6.45, 7) is 4.07. The van der Waals surface area contributed by atoms with E-state index < -0.39 is 0 Å². The van der Waals surface area contributed by atoms with Crippen molar-refractivity contribution in [1.82, 2.24) is 4.90 Å². The molecule has 0 aliphatic carbocycles. The summed E-state index contributed by atoms with van der Waals surface area (Å²) >= 11 is 0. The van der Waals surface area contributed by atoms with Crippen LogP contribution in [0.4, 0.5) is 0 Å². The molecule has 0 aromatic carbocycles. The first-order valence-electron chi connectivity index (χ1n) is 4.50. The minimum atomic E-state index is 0.258. The molecular weight excluding hydrogens is 154 g/mol. The van der Waals surface area contributed by atoms with Crippen molar-refractivity contribution >= 4 is 5.96 Å². The molecule has 0 radical (unpaired) electrons. The van der Waals surface area contributed by atoms with E-state index in [2.05, 4.69) is 12.1 Å². The Balaban J connectivity index is 2.35. The smallest absolute Gasteiger partial charge is 0.233 e. The van der Waals surface area contributed by atoms with Gasteiger partial charge < -0.3 is 15.8 Å². The van der Waals surface area contributed by atoms with Gasteiger partial charge in [0.25, 0.3) is 0 Å². The molecule has 0 aromatic heterocycles. The van der Waals surface area contributed by atoms with Gasteiger partial charge in [0.15, 0.2) is 0 Å². The number of hydrogen-bond acceptors (Lipinski definition) is 2. The van der Waals surface area contributed by atoms with Gasteiger partial charge in [-0.2, -0.15) is 0 Å². The van der Waals surface area contributed by atoms with Crippen LogP contribution in [0.3, 0.4) is 0 Å². The fourth-order valence-corrected chi connectivity index (χ4v) is 1.75. The predicted molar refractivity (Wildman–Crippen MR) is 48.0 cm³/mol. The van der Waals surface area contributed by atoms with E-state index in [4.69, 9.17) is 10.9 Å². The number of guanidine groups is 1. The molecule has 4 heteroatoms. The highest BCUT2D eigenvalue weighted by Crippen LogP contribution is 2.20. The van der Waals surface area contributed by atoms with Gasteiger partial charge in [-0.1, -0.05) is 18.5 Å². The first kappa shape index (κ1) is 9.16. The molecule has 1 saturated heterocycles. The Bertz CT molecular complexity index is 170. The molecule has 0 saturated carbocycles. The zero-order valence-electron chi connectivity index (χ0n) is 7.53. The molecule has 1 unspecified atom stereocenters. The summed E-state index contributed by atoms with van der Waals surface area (Å²) in [6, 6.07) is 0. The monoisotopic (exact) mass is 171 g/mol. The van der Waals surface area contributed by atoms with Gasteiger partial charge in [0.2, 0.25) is 5.96 Å². The van der Waals surface area contributed by atoms with Gasteiger partial charge in [-0.25, -0.2) is 0 Å². The minimum absolute atomic E-state index is 0.258. The van der Waals surface area contributed by atoms with E-state index in [9.17, 15) is 0 Å². The summed E-state index contributed by atoms with van der Waals surface area (Å²) in [5, 5.41) is 11.4. The molecule has 12 heavy (non-hydrogen) atoms. The molecule has 1 atom stereocenters. The van der Waals surface area contributed by atoms with Crippen molar-refractivity contribution < 1.29 is 5.21 Å². The average Bonchev–Trinajstić information content (AvgIpc) is 2.52. The first-order valence-corrected chi connectivity index (χ1v) is 4.50. The van der Waals surface area contributed by atoms with Crippen LogP contribution in [-0.4, -0.2) is 29.2 Å². The molecule has 1 rings (SSSR count). The highest BCUT2D eigenvalue weighted by atomic mass is 16.4. The van der Waals surface area contributed by atoms with E-state index in [1.165, 1.54) is 19.3 Å². The van der Waals surface area contributed by atoms with Crippen LogP contribution in [0, 0.1) is 5.92 Å². The average molecular weight is 171 g/mol. The third kappa shape index (κ3) is 2.03. The van der Waals surface area contributed by atoms with Gasteiger partial charge in [0.1, 0.15) is 0 Å². The van der Waals surface area contributed by atoms with Crippen molar-refractivity contribution in [3.8, 4) is 0 Å². The highest BCUT2D eigenvalue weighted by Gasteiger charge is 2.22. The summed E-state index contributed by atoms with van der Waals surface area (Å²) < 4.78 is 0. The molecule has 1 aliphatic heterocycles. The van der Waals surface area contributed by atoms with Crippen LogP contribution in [0.25, 0.3) is 0 Å². The molecule has 70 valence electrons. The zero-order valence-corrected chi connectivity index (χ0v) is 7.53. The van der Waals surface area contributed by atoms with E-state index >= 15 is 0 Å². The van der Waals surface area contributed by atoms with Crippen molar-refractivity contribution in [3.63, 3.8) is 0 Å². The molecule has 0 spiro atoms. The zero-order chi connectivity index (χ0) is 8.97. The van der Waals surface area contributed by atoms with Crippen LogP contribution in [0.5, 0.6) is 0 Å². The number of nitrogens with zero attached hydrogens (tertiary/aromatic N) is 2. The second-order valence-electron chi connectivity index (χ2n) is 3.35. The van der Waals surface area contributed by atoms with Crippen LogP contribution < -0.4 is 5.73 Å². The van der Waals surface area contributed by atoms with Crippen molar-refractivity contribution in [2.45, 2.75) is 26.2 Å². The summed E-state index contributed by atoms with van der Waals surface area (Å²) in [6.07, 6.45) is 3.63. The molecule has 1 fully saturated rings. The van der Waals surface area contributed by atoms with Crippen molar-refractivity contribution in [2.75, 3.05) is 13.1 Å². The standard InChI is InChI=1S/C8H17N3O/c1-2-3-7-4-5-11(6-7)8(9)10-12/h7,12H,2-6H2,1H3,(H2,9,10). The molecule has 4 nitrogen and oxygen atoms in total. The fourth-order valence-electron chi connectivity index (χ4n) is 1.75. The van der Waals surface area contributed by atoms with Crippen LogP contribution in [0.15, 0.2) is 5.16 Å². The largest absolute Gasteiger partial charge is 0.408 e. The Labute approximate surface area is 73.0 Å². The fraction of sp³-hybridized carbons (Fsp3) is 0.875. The van der Waals surface area contributed by atoms with Crippen LogP contribution in [0.1, 0.15) is 26.2 Å². The second-order valence-corrected chi connectivity index (χ2v) is 3.35. The van der Waals surface area contributed by atoms with E-state index in [0.29, 0.717) is 0 Å². The van der Waals surface area contributed by atoms with E-state index in [0.717, 1.165) is 19.0 Å². The van der Waals surface area contributed by atoms with Gasteiger partial charge in [0, 0.05) is 13.1 Å². The van der Waals surface area contributed by atoms with Gasteiger partial charge >= 0.3 is 0 Å². The van der Waals surface area contributed by atoms with Gasteiger partial charge in [0.05, 0.1) is 0 Å². The Morgan fingerprint density at radius 1 is 1.75 bits per heavy atom. The maximum atomic E-state index is 8.43. The maximum Gasteiger partial charge on any atom is 0.233 e. The lowest BCUT2D eigenvalue weighted by Gasteiger charge is -2.15. The minimum Gasteiger partial charge on any atom is -0.408 e. The molecule has 0 amide bonds. The Hall–Kier alpha value is -0.930. The Morgan fingerprint density at radius 2 is 2.50 bits per heavy atom. The van der Waals surface area contributed by atoms with Gasteiger partial charge in [-0.05, 0) is 18.8 Å². The lowest BCUT2D eigenvalue weighted by molar-refractivity contribution is 0.303. The molecule has 3 N–H and O–H groups in total. The van der Waals surface area contributed by atoms with Crippen molar-refractivity contribution in [3.05, 3.63) is 0 Å². The van der Waals surface area contributed by atoms with E-state index in [-0.39, 0.29) is 5.96 Å². The quantitative estimate of drug-likeness (QED) is 0.280. The van der Waals surface area contributed by atoms with Crippen LogP contribution in [0.2, 0.25) is 0 Å². The molecule has 1 heterocycles. The molecular formula is C8H17N3O. The van der Waals surface area contributed by atoms with Crippen LogP contribution in [-0.2, 0) is 0 Å². The summed E-state index contributed by atoms with van der Waals surface area (Å²) in [5.74, 6) is 0.990. The van der Waals surface area contributed by atoms with Crippen molar-refractivity contribution in [2.24, 2.45) is 16.8 Å². The predicted octanol–water partition coefficient (Wildman–Crippen LogP) is 0.812. The second kappa shape index (κ2) is 4.18. The molecule has 1 aliphatic rings. The number of rotatable bonds is 2. The third-order valence-corrected chi connectivity index (χ3v) is 2.41. The summed E-state index contributed by atoms with van der Waals surface area (Å²) in [4.78, 5) is 1.93. The van der Waals surface area contributed by atoms with Gasteiger partial charge in [-0.3, -0.25) is 0 Å². The van der Waals surface area contributed by atoms with Gasteiger partial charge in [-0.15, -0.1) is 0 Å². The number of likely N-dealkylation sites (tertiary alicyclic amines) is 1. The third-order valence-electron chi connectivity index (χ3n) is 2.41. The van der Waals surface area contributed by atoms with Crippen molar-refractivity contribution in [1.29, 1.82) is 0 Å². The first-order chi connectivity index (χ1) is 5.77. The topological polar surface area (TPSA) is 61.8 Å². The normalized spacial score (nSPS) is 24.9. The summed E-state index contributed by atoms with van der Waals surface area (Å²) in [5.41, 5.74) is 5.46. The SMILES string of the molecule is CCCC1CCN(/C(N)=N/O)C1. The molecule has 0 aromatic rings. The Kier molecular flexibility index (Phi) is 3.19. The Morgan fingerprint density at radius 3 is 3.08 bits per heavy atom. The van der Waals surface area contributed by atoms with E-state index in [1.54, 1.807) is 0 Å². The highest BCUT2D eigenvalue weighted by molar-refractivity contribution is 5.77. The van der Waals surface area contributed by atoms with Crippen LogP contribution >= 0.6 is 0 Å². The maximum absolute atomic E-state index is 8.43. The lowest BCUT2D eigenvalue weighted by atomic mass is 10.0. The van der Waals surface area contributed by atoms with E-state index in [1.807, 2.05) is 4.90 Å². The number of nitrogens with two attached hydrogens (primary N) is 1. The lowest BCUT2D eigenvalue weighted by Crippen LogP contribution is -2.35. The number of oxime groups is 1.